The lowest BCUT2D eigenvalue weighted by atomic mass is 10.1. The maximum absolute atomic E-state index is 13.0. The van der Waals surface area contributed by atoms with Gasteiger partial charge in [-0.25, -0.2) is 18.2 Å². The standard InChI is InChI=1S/C19H19N5O7S/c25-17(26)12-22-15-5-3-9-20-18(15)23(19(22)27)13-7-10-21(11-8-13)32(30,31)16-6-2-1-4-14(16)24(28)29/h1-6,9,13H,7-8,10-12H2,(H,25,26). The van der Waals surface area contributed by atoms with E-state index < -0.39 is 44.9 Å². The van der Waals surface area contributed by atoms with E-state index in [-0.39, 0.29) is 30.8 Å². The molecule has 1 N–H and O–H groups in total. The molecule has 0 bridgehead atoms. The van der Waals surface area contributed by atoms with E-state index in [9.17, 15) is 28.1 Å². The van der Waals surface area contributed by atoms with Gasteiger partial charge in [-0.15, -0.1) is 0 Å². The predicted molar refractivity (Wildman–Crippen MR) is 112 cm³/mol. The number of benzene rings is 1. The minimum absolute atomic E-state index is 0.0456. The Balaban J connectivity index is 1.64. The fraction of sp³-hybridized carbons (Fsp3) is 0.316. The largest absolute Gasteiger partial charge is 0.480 e. The van der Waals surface area contributed by atoms with E-state index in [4.69, 9.17) is 5.11 Å². The van der Waals surface area contributed by atoms with Gasteiger partial charge in [0.15, 0.2) is 10.5 Å². The van der Waals surface area contributed by atoms with Crippen molar-refractivity contribution in [1.82, 2.24) is 18.4 Å². The van der Waals surface area contributed by atoms with Gasteiger partial charge in [-0.1, -0.05) is 12.1 Å². The lowest BCUT2D eigenvalue weighted by molar-refractivity contribution is -0.387. The van der Waals surface area contributed by atoms with Crippen molar-refractivity contribution >= 4 is 32.8 Å². The summed E-state index contributed by atoms with van der Waals surface area (Å²) in [4.78, 5) is 38.5. The lowest BCUT2D eigenvalue weighted by Crippen LogP contribution is -2.41. The molecule has 13 heteroatoms. The van der Waals surface area contributed by atoms with Crippen molar-refractivity contribution in [2.24, 2.45) is 0 Å². The monoisotopic (exact) mass is 461 g/mol. The molecule has 3 aromatic rings. The van der Waals surface area contributed by atoms with Gasteiger partial charge in [0.2, 0.25) is 10.0 Å². The first-order chi connectivity index (χ1) is 15.2. The van der Waals surface area contributed by atoms with Gasteiger partial charge < -0.3 is 5.11 Å². The van der Waals surface area contributed by atoms with E-state index in [2.05, 4.69) is 4.98 Å². The van der Waals surface area contributed by atoms with Crippen LogP contribution in [0.3, 0.4) is 0 Å². The Bertz CT molecular complexity index is 1370. The number of aromatic nitrogens is 3. The minimum Gasteiger partial charge on any atom is -0.480 e. The van der Waals surface area contributed by atoms with Crippen LogP contribution in [0.25, 0.3) is 11.2 Å². The first-order valence-electron chi connectivity index (χ1n) is 9.73. The number of carboxylic acid groups (broad SMARTS) is 1. The van der Waals surface area contributed by atoms with Crippen LogP contribution >= 0.6 is 0 Å². The summed E-state index contributed by atoms with van der Waals surface area (Å²) in [6, 6.07) is 7.98. The molecule has 4 rings (SSSR count). The average Bonchev–Trinajstić information content (AvgIpc) is 3.05. The molecule has 168 valence electrons. The zero-order valence-electron chi connectivity index (χ0n) is 16.7. The van der Waals surface area contributed by atoms with Crippen LogP contribution in [0.15, 0.2) is 52.3 Å². The number of carboxylic acids is 1. The number of sulfonamides is 1. The maximum atomic E-state index is 13.0. The number of fused-ring (bicyclic) bond motifs is 1. The van der Waals surface area contributed by atoms with E-state index in [0.717, 1.165) is 10.6 Å². The first-order valence-corrected chi connectivity index (χ1v) is 11.2. The number of carbonyl (C=O) groups is 1. The molecule has 0 amide bonds. The number of hydrogen-bond acceptors (Lipinski definition) is 7. The van der Waals surface area contributed by atoms with Crippen LogP contribution in [-0.4, -0.2) is 55.9 Å². The van der Waals surface area contributed by atoms with Gasteiger partial charge in [0, 0.05) is 31.4 Å². The molecule has 0 spiro atoms. The molecular formula is C19H19N5O7S. The van der Waals surface area contributed by atoms with Crippen LogP contribution in [0.5, 0.6) is 0 Å². The molecular weight excluding hydrogens is 442 g/mol. The van der Waals surface area contributed by atoms with Crippen LogP contribution in [0.4, 0.5) is 5.69 Å². The lowest BCUT2D eigenvalue weighted by Gasteiger charge is -2.31. The Labute approximate surface area is 181 Å². The number of rotatable bonds is 6. The highest BCUT2D eigenvalue weighted by Crippen LogP contribution is 2.31. The zero-order valence-corrected chi connectivity index (χ0v) is 17.5. The third-order valence-electron chi connectivity index (χ3n) is 5.48. The molecule has 2 aromatic heterocycles. The maximum Gasteiger partial charge on any atom is 0.331 e. The molecule has 0 aliphatic carbocycles. The molecule has 0 radical (unpaired) electrons. The number of nitro groups is 1. The number of hydrogen-bond donors (Lipinski definition) is 1. The Morgan fingerprint density at radius 3 is 2.53 bits per heavy atom. The van der Waals surface area contributed by atoms with E-state index in [1.807, 2.05) is 0 Å². The first kappa shape index (κ1) is 21.6. The van der Waals surface area contributed by atoms with E-state index in [1.165, 1.54) is 33.3 Å². The average molecular weight is 461 g/mol. The number of para-hydroxylation sites is 1. The summed E-state index contributed by atoms with van der Waals surface area (Å²) < 4.78 is 29.8. The topological polar surface area (TPSA) is 158 Å². The molecule has 1 fully saturated rings. The molecule has 12 nitrogen and oxygen atoms in total. The minimum atomic E-state index is -4.10. The van der Waals surface area contributed by atoms with Crippen LogP contribution < -0.4 is 5.69 Å². The van der Waals surface area contributed by atoms with Crippen LogP contribution in [0.1, 0.15) is 18.9 Å². The highest BCUT2D eigenvalue weighted by atomic mass is 32.2. The molecule has 1 saturated heterocycles. The Morgan fingerprint density at radius 2 is 1.88 bits per heavy atom. The number of pyridine rings is 1. The quantitative estimate of drug-likeness (QED) is 0.424. The van der Waals surface area contributed by atoms with E-state index >= 15 is 0 Å². The molecule has 0 atom stereocenters. The molecule has 0 saturated carbocycles. The fourth-order valence-corrected chi connectivity index (χ4v) is 5.66. The van der Waals surface area contributed by atoms with Gasteiger partial charge in [0.25, 0.3) is 5.69 Å². The smallest absolute Gasteiger partial charge is 0.331 e. The number of nitrogens with zero attached hydrogens (tertiary/aromatic N) is 5. The van der Waals surface area contributed by atoms with Crippen LogP contribution in [0, 0.1) is 10.1 Å². The second-order valence-corrected chi connectivity index (χ2v) is 9.25. The van der Waals surface area contributed by atoms with Gasteiger partial charge in [0.1, 0.15) is 6.54 Å². The van der Waals surface area contributed by atoms with Gasteiger partial charge in [0.05, 0.1) is 10.4 Å². The second-order valence-electron chi connectivity index (χ2n) is 7.34. The second kappa shape index (κ2) is 8.16. The van der Waals surface area contributed by atoms with Gasteiger partial charge in [-0.05, 0) is 31.0 Å². The van der Waals surface area contributed by atoms with E-state index in [1.54, 1.807) is 12.1 Å². The summed E-state index contributed by atoms with van der Waals surface area (Å²) in [5.41, 5.74) is -0.304. The third kappa shape index (κ3) is 3.65. The van der Waals surface area contributed by atoms with Crippen molar-refractivity contribution in [2.45, 2.75) is 30.3 Å². The SMILES string of the molecule is O=C(O)Cn1c(=O)n(C2CCN(S(=O)(=O)c3ccccc3[N+](=O)[O-])CC2)c2ncccc21. The Hall–Kier alpha value is -3.58. The van der Waals surface area contributed by atoms with Gasteiger partial charge >= 0.3 is 11.7 Å². The number of nitro benzene ring substituents is 1. The van der Waals surface area contributed by atoms with E-state index in [0.29, 0.717) is 11.2 Å². The molecule has 32 heavy (non-hydrogen) atoms. The van der Waals surface area contributed by atoms with Crippen LogP contribution in [-0.2, 0) is 21.4 Å². The molecule has 1 aliphatic heterocycles. The molecule has 1 aliphatic rings. The fourth-order valence-electron chi connectivity index (χ4n) is 4.03. The zero-order chi connectivity index (χ0) is 23.0. The summed E-state index contributed by atoms with van der Waals surface area (Å²) >= 11 is 0. The van der Waals surface area contributed by atoms with Crippen molar-refractivity contribution in [3.05, 3.63) is 63.2 Å². The predicted octanol–water partition coefficient (Wildman–Crippen LogP) is 1.22. The molecule has 0 unspecified atom stereocenters. The third-order valence-corrected chi connectivity index (χ3v) is 7.43. The summed E-state index contributed by atoms with van der Waals surface area (Å²) in [6.07, 6.45) is 2.03. The number of aliphatic carboxylic acids is 1. The van der Waals surface area contributed by atoms with Crippen molar-refractivity contribution in [3.8, 4) is 0 Å². The van der Waals surface area contributed by atoms with Gasteiger partial charge in [-0.3, -0.25) is 24.0 Å². The van der Waals surface area contributed by atoms with Gasteiger partial charge in [-0.2, -0.15) is 4.31 Å². The summed E-state index contributed by atoms with van der Waals surface area (Å²) in [5.74, 6) is -1.17. The molecule has 3 heterocycles. The van der Waals surface area contributed by atoms with Crippen molar-refractivity contribution in [2.75, 3.05) is 13.1 Å². The summed E-state index contributed by atoms with van der Waals surface area (Å²) in [6.45, 7) is -0.424. The Kier molecular flexibility index (Phi) is 5.52. The number of piperidine rings is 1. The summed E-state index contributed by atoms with van der Waals surface area (Å²) in [5, 5.41) is 20.4. The highest BCUT2D eigenvalue weighted by molar-refractivity contribution is 7.89. The number of imidazole rings is 1. The van der Waals surface area contributed by atoms with Crippen molar-refractivity contribution in [3.63, 3.8) is 0 Å². The van der Waals surface area contributed by atoms with Crippen molar-refractivity contribution in [1.29, 1.82) is 0 Å². The highest BCUT2D eigenvalue weighted by Gasteiger charge is 2.35. The Morgan fingerprint density at radius 1 is 1.19 bits per heavy atom. The summed E-state index contributed by atoms with van der Waals surface area (Å²) in [7, 11) is -4.10. The van der Waals surface area contributed by atoms with Crippen molar-refractivity contribution < 1.29 is 23.2 Å². The normalized spacial score (nSPS) is 15.8. The molecule has 1 aromatic carbocycles. The van der Waals surface area contributed by atoms with Crippen LogP contribution in [0.2, 0.25) is 0 Å².